The Morgan fingerprint density at radius 2 is 2.23 bits per heavy atom. The Balaban J connectivity index is 2.56. The Hall–Kier alpha value is -1.68. The van der Waals surface area contributed by atoms with Crippen LogP contribution in [0.25, 0.3) is 11.1 Å². The number of hydrogen-bond acceptors (Lipinski definition) is 4. The number of oxazole rings is 1. The van der Waals surface area contributed by atoms with Gasteiger partial charge < -0.3 is 10.2 Å². The number of ketones is 1. The van der Waals surface area contributed by atoms with Crippen molar-refractivity contribution in [1.29, 1.82) is 0 Å². The molecule has 2 aromatic rings. The zero-order valence-electron chi connectivity index (χ0n) is 6.86. The van der Waals surface area contributed by atoms with Crippen LogP contribution in [0.15, 0.2) is 28.7 Å². The number of nitrogens with two attached hydrogens (primary N) is 1. The average molecular weight is 176 g/mol. The molecule has 0 atom stereocenters. The summed E-state index contributed by atoms with van der Waals surface area (Å²) in [6.07, 6.45) is 0. The fourth-order valence-electron chi connectivity index (χ4n) is 1.08. The van der Waals surface area contributed by atoms with Crippen LogP contribution in [-0.2, 0) is 0 Å². The number of benzene rings is 1. The van der Waals surface area contributed by atoms with Gasteiger partial charge >= 0.3 is 0 Å². The van der Waals surface area contributed by atoms with Crippen molar-refractivity contribution in [2.24, 2.45) is 5.73 Å². The molecule has 0 aliphatic carbocycles. The van der Waals surface area contributed by atoms with Gasteiger partial charge in [-0.25, -0.2) is 4.98 Å². The molecule has 1 heterocycles. The summed E-state index contributed by atoms with van der Waals surface area (Å²) in [5.41, 5.74) is 6.47. The third-order valence-corrected chi connectivity index (χ3v) is 1.72. The number of rotatable bonds is 2. The first-order valence-corrected chi connectivity index (χ1v) is 3.90. The van der Waals surface area contributed by atoms with E-state index in [0.717, 1.165) is 0 Å². The van der Waals surface area contributed by atoms with E-state index in [0.29, 0.717) is 11.1 Å². The summed E-state index contributed by atoms with van der Waals surface area (Å²) < 4.78 is 5.18. The van der Waals surface area contributed by atoms with E-state index in [4.69, 9.17) is 10.2 Å². The Morgan fingerprint density at radius 1 is 1.46 bits per heavy atom. The Labute approximate surface area is 74.4 Å². The predicted octanol–water partition coefficient (Wildman–Crippen LogP) is 0.969. The first kappa shape index (κ1) is 7.94. The molecule has 4 heteroatoms. The summed E-state index contributed by atoms with van der Waals surface area (Å²) in [6, 6.07) is 7.20. The molecule has 0 amide bonds. The highest BCUT2D eigenvalue weighted by Crippen LogP contribution is 2.14. The fraction of sp³-hybridized carbons (Fsp3) is 0.111. The quantitative estimate of drug-likeness (QED) is 0.692. The fourth-order valence-corrected chi connectivity index (χ4v) is 1.08. The maximum absolute atomic E-state index is 11.1. The summed E-state index contributed by atoms with van der Waals surface area (Å²) in [5.74, 6) is -0.195. The van der Waals surface area contributed by atoms with E-state index >= 15 is 0 Å². The van der Waals surface area contributed by atoms with Crippen LogP contribution in [0.2, 0.25) is 0 Å². The minimum absolute atomic E-state index is 0.0766. The van der Waals surface area contributed by atoms with Crippen molar-refractivity contribution in [1.82, 2.24) is 4.98 Å². The van der Waals surface area contributed by atoms with E-state index in [1.807, 2.05) is 12.1 Å². The summed E-state index contributed by atoms with van der Waals surface area (Å²) in [6.45, 7) is -0.0766. The average Bonchev–Trinajstić information content (AvgIpc) is 2.59. The van der Waals surface area contributed by atoms with Crippen LogP contribution in [-0.4, -0.2) is 17.3 Å². The number of hydrogen-bond donors (Lipinski definition) is 1. The smallest absolute Gasteiger partial charge is 0.265 e. The van der Waals surface area contributed by atoms with Crippen LogP contribution < -0.4 is 5.73 Å². The predicted molar refractivity (Wildman–Crippen MR) is 47.4 cm³/mol. The van der Waals surface area contributed by atoms with Crippen molar-refractivity contribution in [2.45, 2.75) is 0 Å². The maximum atomic E-state index is 11.1. The normalized spacial score (nSPS) is 10.5. The van der Waals surface area contributed by atoms with Gasteiger partial charge in [-0.05, 0) is 12.1 Å². The van der Waals surface area contributed by atoms with Crippen LogP contribution in [0.3, 0.4) is 0 Å². The van der Waals surface area contributed by atoms with Gasteiger partial charge in [-0.1, -0.05) is 12.1 Å². The van der Waals surface area contributed by atoms with Crippen molar-refractivity contribution in [3.05, 3.63) is 30.2 Å². The molecule has 0 spiro atoms. The maximum Gasteiger partial charge on any atom is 0.265 e. The topological polar surface area (TPSA) is 69.1 Å². The molecule has 2 N–H and O–H groups in total. The molecule has 2 rings (SSSR count). The van der Waals surface area contributed by atoms with Crippen LogP contribution in [0, 0.1) is 0 Å². The molecule has 0 saturated carbocycles. The first-order chi connectivity index (χ1) is 6.31. The van der Waals surface area contributed by atoms with Crippen LogP contribution in [0.4, 0.5) is 0 Å². The second-order valence-corrected chi connectivity index (χ2v) is 2.61. The van der Waals surface area contributed by atoms with E-state index in [2.05, 4.69) is 4.98 Å². The Kier molecular flexibility index (Phi) is 1.83. The lowest BCUT2D eigenvalue weighted by molar-refractivity contribution is 0.0970. The summed E-state index contributed by atoms with van der Waals surface area (Å²) in [5, 5.41) is 0. The zero-order valence-corrected chi connectivity index (χ0v) is 6.86. The van der Waals surface area contributed by atoms with Gasteiger partial charge in [0, 0.05) is 0 Å². The minimum atomic E-state index is -0.281. The van der Waals surface area contributed by atoms with Gasteiger partial charge in [-0.3, -0.25) is 4.79 Å². The molecule has 0 saturated heterocycles. The van der Waals surface area contributed by atoms with E-state index in [1.54, 1.807) is 12.1 Å². The molecule has 0 aliphatic heterocycles. The summed E-state index contributed by atoms with van der Waals surface area (Å²) >= 11 is 0. The summed E-state index contributed by atoms with van der Waals surface area (Å²) in [7, 11) is 0. The van der Waals surface area contributed by atoms with Crippen LogP contribution in [0.1, 0.15) is 10.7 Å². The molecule has 4 nitrogen and oxygen atoms in total. The van der Waals surface area contributed by atoms with Crippen molar-refractivity contribution >= 4 is 16.9 Å². The molecule has 13 heavy (non-hydrogen) atoms. The number of aromatic nitrogens is 1. The lowest BCUT2D eigenvalue weighted by Gasteiger charge is -1.85. The standard InChI is InChI=1S/C9H8N2O2/c10-5-7(12)9-11-6-3-1-2-4-8(6)13-9/h1-4H,5,10H2. The first-order valence-electron chi connectivity index (χ1n) is 3.90. The van der Waals surface area contributed by atoms with Crippen molar-refractivity contribution in [3.8, 4) is 0 Å². The van der Waals surface area contributed by atoms with Gasteiger partial charge in [0.1, 0.15) is 5.52 Å². The SMILES string of the molecule is NCC(=O)c1nc2ccccc2o1. The van der Waals surface area contributed by atoms with Crippen molar-refractivity contribution < 1.29 is 9.21 Å². The van der Waals surface area contributed by atoms with Gasteiger partial charge in [0.05, 0.1) is 6.54 Å². The Morgan fingerprint density at radius 3 is 2.92 bits per heavy atom. The number of fused-ring (bicyclic) bond motifs is 1. The third-order valence-electron chi connectivity index (χ3n) is 1.72. The lowest BCUT2D eigenvalue weighted by atomic mass is 10.3. The number of carbonyl (C=O) groups excluding carboxylic acids is 1. The zero-order chi connectivity index (χ0) is 9.26. The van der Waals surface area contributed by atoms with Gasteiger partial charge in [-0.15, -0.1) is 0 Å². The van der Waals surface area contributed by atoms with Crippen LogP contribution >= 0.6 is 0 Å². The number of carbonyl (C=O) groups is 1. The van der Waals surface area contributed by atoms with Crippen LogP contribution in [0.5, 0.6) is 0 Å². The third kappa shape index (κ3) is 1.31. The molecular weight excluding hydrogens is 168 g/mol. The van der Waals surface area contributed by atoms with Crippen molar-refractivity contribution in [2.75, 3.05) is 6.54 Å². The molecule has 0 fully saturated rings. The molecule has 0 bridgehead atoms. The summed E-state index contributed by atoms with van der Waals surface area (Å²) in [4.78, 5) is 15.1. The van der Waals surface area contributed by atoms with Gasteiger partial charge in [-0.2, -0.15) is 0 Å². The molecular formula is C9H8N2O2. The van der Waals surface area contributed by atoms with E-state index in [9.17, 15) is 4.79 Å². The lowest BCUT2D eigenvalue weighted by Crippen LogP contribution is -2.13. The van der Waals surface area contributed by atoms with Crippen molar-refractivity contribution in [3.63, 3.8) is 0 Å². The molecule has 66 valence electrons. The van der Waals surface area contributed by atoms with Gasteiger partial charge in [0.2, 0.25) is 5.78 Å². The van der Waals surface area contributed by atoms with E-state index < -0.39 is 0 Å². The highest BCUT2D eigenvalue weighted by molar-refractivity contribution is 5.95. The molecule has 0 unspecified atom stereocenters. The molecule has 0 aliphatic rings. The second kappa shape index (κ2) is 2.99. The second-order valence-electron chi connectivity index (χ2n) is 2.61. The monoisotopic (exact) mass is 176 g/mol. The van der Waals surface area contributed by atoms with Gasteiger partial charge in [0.25, 0.3) is 5.89 Å². The molecule has 1 aromatic heterocycles. The Bertz CT molecular complexity index is 415. The number of nitrogens with zero attached hydrogens (tertiary/aromatic N) is 1. The van der Waals surface area contributed by atoms with E-state index in [1.165, 1.54) is 0 Å². The number of para-hydroxylation sites is 2. The largest absolute Gasteiger partial charge is 0.434 e. The van der Waals surface area contributed by atoms with E-state index in [-0.39, 0.29) is 18.2 Å². The molecule has 0 radical (unpaired) electrons. The minimum Gasteiger partial charge on any atom is -0.434 e. The highest BCUT2D eigenvalue weighted by Gasteiger charge is 2.11. The molecule has 1 aromatic carbocycles. The highest BCUT2D eigenvalue weighted by atomic mass is 16.4. The number of Topliss-reactive ketones (excluding diaryl/α,β-unsaturated/α-hetero) is 1. The van der Waals surface area contributed by atoms with Gasteiger partial charge in [0.15, 0.2) is 5.58 Å².